The average molecular weight is 514 g/mol. The molecule has 0 amide bonds. The van der Waals surface area contributed by atoms with Gasteiger partial charge in [-0.3, -0.25) is 0 Å². The van der Waals surface area contributed by atoms with E-state index in [-0.39, 0.29) is 5.92 Å². The van der Waals surface area contributed by atoms with Gasteiger partial charge < -0.3 is 24.9 Å². The van der Waals surface area contributed by atoms with Crippen molar-refractivity contribution in [2.45, 2.75) is 37.4 Å². The van der Waals surface area contributed by atoms with Crippen molar-refractivity contribution in [2.75, 3.05) is 57.8 Å². The van der Waals surface area contributed by atoms with Gasteiger partial charge >= 0.3 is 0 Å². The molecule has 2 saturated heterocycles. The smallest absolute Gasteiger partial charge is 0.117 e. The normalized spacial score (nSPS) is 19.0. The molecule has 1 atom stereocenters. The quantitative estimate of drug-likeness (QED) is 0.426. The van der Waals surface area contributed by atoms with Crippen molar-refractivity contribution >= 4 is 5.69 Å². The Morgan fingerprint density at radius 3 is 1.87 bits per heavy atom. The Morgan fingerprint density at radius 2 is 1.32 bits per heavy atom. The highest BCUT2D eigenvalue weighted by Gasteiger charge is 2.41. The van der Waals surface area contributed by atoms with Gasteiger partial charge in [0, 0.05) is 31.9 Å². The number of rotatable bonds is 9. The largest absolute Gasteiger partial charge is 0.388 e. The summed E-state index contributed by atoms with van der Waals surface area (Å²) >= 11 is 0. The monoisotopic (exact) mass is 513 g/mol. The number of likely N-dealkylation sites (tertiary alicyclic amines) is 1. The molecule has 2 aliphatic heterocycles. The van der Waals surface area contributed by atoms with Crippen LogP contribution in [0.15, 0.2) is 84.9 Å². The molecule has 5 nitrogen and oxygen atoms in total. The van der Waals surface area contributed by atoms with E-state index in [1.807, 2.05) is 36.4 Å². The third kappa shape index (κ3) is 6.13. The van der Waals surface area contributed by atoms with Gasteiger partial charge in [-0.2, -0.15) is 0 Å². The predicted octanol–water partition coefficient (Wildman–Crippen LogP) is 4.90. The zero-order valence-corrected chi connectivity index (χ0v) is 22.8. The summed E-state index contributed by atoms with van der Waals surface area (Å²) < 4.78 is 0. The third-order valence-corrected chi connectivity index (χ3v) is 8.70. The summed E-state index contributed by atoms with van der Waals surface area (Å²) in [7, 11) is 2.17. The Morgan fingerprint density at radius 1 is 0.763 bits per heavy atom. The Hall–Kier alpha value is -2.70. The molecule has 3 aromatic carbocycles. The van der Waals surface area contributed by atoms with Crippen LogP contribution < -0.4 is 4.90 Å². The van der Waals surface area contributed by atoms with Crippen LogP contribution in [0.4, 0.5) is 5.69 Å². The first kappa shape index (κ1) is 26.9. The minimum absolute atomic E-state index is 0.174. The zero-order valence-electron chi connectivity index (χ0n) is 22.8. The van der Waals surface area contributed by atoms with Gasteiger partial charge in [-0.1, -0.05) is 72.8 Å². The van der Waals surface area contributed by atoms with Crippen molar-refractivity contribution < 1.29 is 10.2 Å². The Labute approximate surface area is 228 Å². The van der Waals surface area contributed by atoms with Gasteiger partial charge in [0.05, 0.1) is 6.10 Å². The Kier molecular flexibility index (Phi) is 8.80. The number of piperazine rings is 1. The number of hydrogen-bond acceptors (Lipinski definition) is 5. The molecule has 2 fully saturated rings. The van der Waals surface area contributed by atoms with Crippen LogP contribution in [0.5, 0.6) is 0 Å². The lowest BCUT2D eigenvalue weighted by Gasteiger charge is -2.42. The van der Waals surface area contributed by atoms with Crippen molar-refractivity contribution in [1.29, 1.82) is 0 Å². The van der Waals surface area contributed by atoms with Crippen LogP contribution in [0.2, 0.25) is 0 Å². The topological polar surface area (TPSA) is 50.2 Å². The summed E-state index contributed by atoms with van der Waals surface area (Å²) in [4.78, 5) is 7.29. The number of piperidine rings is 1. The van der Waals surface area contributed by atoms with Crippen LogP contribution in [0.1, 0.15) is 48.5 Å². The van der Waals surface area contributed by atoms with Crippen LogP contribution in [-0.4, -0.2) is 72.9 Å². The fourth-order valence-corrected chi connectivity index (χ4v) is 6.24. The van der Waals surface area contributed by atoms with E-state index in [9.17, 15) is 10.2 Å². The lowest BCUT2D eigenvalue weighted by molar-refractivity contribution is -0.0146. The van der Waals surface area contributed by atoms with Crippen molar-refractivity contribution in [1.82, 2.24) is 9.80 Å². The number of likely N-dealkylation sites (N-methyl/N-ethyl adjacent to an activating group) is 1. The molecule has 0 aliphatic carbocycles. The minimum atomic E-state index is -0.971. The van der Waals surface area contributed by atoms with Gasteiger partial charge in [0.2, 0.25) is 0 Å². The van der Waals surface area contributed by atoms with E-state index in [0.717, 1.165) is 88.2 Å². The number of anilines is 1. The minimum Gasteiger partial charge on any atom is -0.388 e. The van der Waals surface area contributed by atoms with Gasteiger partial charge in [0.15, 0.2) is 0 Å². The van der Waals surface area contributed by atoms with E-state index in [1.54, 1.807) is 0 Å². The summed E-state index contributed by atoms with van der Waals surface area (Å²) in [5.41, 5.74) is 3.25. The summed E-state index contributed by atoms with van der Waals surface area (Å²) in [5, 5.41) is 22.9. The van der Waals surface area contributed by atoms with Gasteiger partial charge in [-0.05, 0) is 87.1 Å². The fourth-order valence-electron chi connectivity index (χ4n) is 6.24. The maximum atomic E-state index is 12.1. The second-order valence-electron chi connectivity index (χ2n) is 11.2. The molecule has 38 heavy (non-hydrogen) atoms. The molecular formula is C33H43N3O2. The second-order valence-corrected chi connectivity index (χ2v) is 11.2. The van der Waals surface area contributed by atoms with Crippen molar-refractivity contribution in [3.05, 3.63) is 102 Å². The predicted molar refractivity (Wildman–Crippen MR) is 155 cm³/mol. The molecule has 0 bridgehead atoms. The molecule has 5 rings (SSSR count). The van der Waals surface area contributed by atoms with Crippen LogP contribution in [0.3, 0.4) is 0 Å². The SMILES string of the molecule is CN1CCN(c2ccc(C(O)CCCN3CCC(C(O)(c4ccccc4)c4ccccc4)CC3)cc2)CC1. The molecule has 202 valence electrons. The summed E-state index contributed by atoms with van der Waals surface area (Å²) in [6.07, 6.45) is 3.22. The first-order valence-corrected chi connectivity index (χ1v) is 14.3. The molecule has 0 aromatic heterocycles. The summed E-state index contributed by atoms with van der Waals surface area (Å²) in [6.45, 7) is 7.24. The highest BCUT2D eigenvalue weighted by molar-refractivity contribution is 5.48. The van der Waals surface area contributed by atoms with Gasteiger partial charge in [-0.25, -0.2) is 0 Å². The number of hydrogen-bond donors (Lipinski definition) is 2. The number of aliphatic hydroxyl groups is 2. The second kappa shape index (κ2) is 12.4. The molecule has 5 heteroatoms. The van der Waals surface area contributed by atoms with Crippen LogP contribution >= 0.6 is 0 Å². The molecule has 2 aliphatic rings. The molecule has 0 saturated carbocycles. The fraction of sp³-hybridized carbons (Fsp3) is 0.455. The van der Waals surface area contributed by atoms with E-state index < -0.39 is 11.7 Å². The zero-order chi connectivity index (χ0) is 26.4. The van der Waals surface area contributed by atoms with E-state index in [2.05, 4.69) is 70.3 Å². The van der Waals surface area contributed by atoms with Crippen LogP contribution in [0, 0.1) is 5.92 Å². The maximum absolute atomic E-state index is 12.1. The lowest BCUT2D eigenvalue weighted by atomic mass is 9.72. The van der Waals surface area contributed by atoms with Crippen molar-refractivity contribution in [3.8, 4) is 0 Å². The molecule has 2 heterocycles. The summed E-state index contributed by atoms with van der Waals surface area (Å²) in [5.74, 6) is 0.174. The molecule has 1 unspecified atom stereocenters. The maximum Gasteiger partial charge on any atom is 0.117 e. The molecular weight excluding hydrogens is 470 g/mol. The van der Waals surface area contributed by atoms with Crippen LogP contribution in [0.25, 0.3) is 0 Å². The first-order valence-electron chi connectivity index (χ1n) is 14.3. The third-order valence-electron chi connectivity index (χ3n) is 8.70. The van der Waals surface area contributed by atoms with Gasteiger partial charge in [-0.15, -0.1) is 0 Å². The summed E-state index contributed by atoms with van der Waals surface area (Å²) in [6, 6.07) is 28.8. The van der Waals surface area contributed by atoms with E-state index in [0.29, 0.717) is 0 Å². The molecule has 2 N–H and O–H groups in total. The van der Waals surface area contributed by atoms with Crippen molar-refractivity contribution in [2.24, 2.45) is 5.92 Å². The van der Waals surface area contributed by atoms with Crippen LogP contribution in [-0.2, 0) is 5.60 Å². The number of benzene rings is 3. The highest BCUT2D eigenvalue weighted by Crippen LogP contribution is 2.42. The first-order chi connectivity index (χ1) is 18.5. The highest BCUT2D eigenvalue weighted by atomic mass is 16.3. The Bertz CT molecular complexity index is 1070. The molecule has 3 aromatic rings. The Balaban J connectivity index is 1.11. The number of nitrogens with zero attached hydrogens (tertiary/aromatic N) is 3. The van der Waals surface area contributed by atoms with E-state index in [4.69, 9.17) is 0 Å². The van der Waals surface area contributed by atoms with Crippen molar-refractivity contribution in [3.63, 3.8) is 0 Å². The lowest BCUT2D eigenvalue weighted by Crippen LogP contribution is -2.44. The van der Waals surface area contributed by atoms with E-state index in [1.165, 1.54) is 5.69 Å². The number of aliphatic hydroxyl groups excluding tert-OH is 1. The standard InChI is InChI=1S/C33H43N3O2/c1-34-23-25-36(26-24-34)31-16-14-27(15-17-31)32(37)13-8-20-35-21-18-30(19-22-35)33(38,28-9-4-2-5-10-28)29-11-6-3-7-12-29/h2-7,9-12,14-17,30,32,37-38H,8,13,18-26H2,1H3. The molecule has 0 spiro atoms. The average Bonchev–Trinajstić information content (AvgIpc) is 2.98. The van der Waals surface area contributed by atoms with Gasteiger partial charge in [0.25, 0.3) is 0 Å². The molecule has 0 radical (unpaired) electrons. The van der Waals surface area contributed by atoms with E-state index >= 15 is 0 Å². The van der Waals surface area contributed by atoms with Gasteiger partial charge in [0.1, 0.15) is 5.60 Å².